The van der Waals surface area contributed by atoms with E-state index in [4.69, 9.17) is 18.9 Å². The number of benzene rings is 2. The van der Waals surface area contributed by atoms with Gasteiger partial charge in [-0.25, -0.2) is 0 Å². The summed E-state index contributed by atoms with van der Waals surface area (Å²) in [6, 6.07) is 11.3. The van der Waals surface area contributed by atoms with Crippen molar-refractivity contribution in [2.75, 3.05) is 21.3 Å². The van der Waals surface area contributed by atoms with Gasteiger partial charge in [0.2, 0.25) is 5.75 Å². The summed E-state index contributed by atoms with van der Waals surface area (Å²) in [6.45, 7) is 2.07. The van der Waals surface area contributed by atoms with E-state index in [2.05, 4.69) is 4.98 Å². The number of aromatic nitrogens is 1. The Morgan fingerprint density at radius 2 is 1.82 bits per heavy atom. The van der Waals surface area contributed by atoms with Crippen LogP contribution in [0.5, 0.6) is 23.0 Å². The standard InChI is InChI=1S/C29H28N2O7/c1-16-10-19-11-18(7-8-21(19)38-16)26(32)24-25(20-12-22(35-2)28(37-4)23(13-20)36-3)31(29(34)27(24)33)15-17-6-5-9-30-14-17/h5-9,11-14,16,25,32H,10,15H2,1-4H3/b26-24+. The van der Waals surface area contributed by atoms with Gasteiger partial charge in [-0.2, -0.15) is 0 Å². The molecule has 2 unspecified atom stereocenters. The largest absolute Gasteiger partial charge is 0.507 e. The quantitative estimate of drug-likeness (QED) is 0.285. The summed E-state index contributed by atoms with van der Waals surface area (Å²) in [5.41, 5.74) is 2.58. The van der Waals surface area contributed by atoms with Crippen LogP contribution in [0.15, 0.2) is 60.4 Å². The van der Waals surface area contributed by atoms with E-state index in [0.717, 1.165) is 16.9 Å². The minimum Gasteiger partial charge on any atom is -0.507 e. The van der Waals surface area contributed by atoms with Gasteiger partial charge < -0.3 is 29.0 Å². The second-order valence-corrected chi connectivity index (χ2v) is 9.20. The predicted molar refractivity (Wildman–Crippen MR) is 138 cm³/mol. The normalized spacial score (nSPS) is 19.7. The summed E-state index contributed by atoms with van der Waals surface area (Å²) in [5.74, 6) is 0.0543. The monoisotopic (exact) mass is 516 g/mol. The van der Waals surface area contributed by atoms with Crippen LogP contribution in [-0.4, -0.2) is 54.1 Å². The summed E-state index contributed by atoms with van der Waals surface area (Å²) in [6.07, 6.45) is 3.97. The van der Waals surface area contributed by atoms with Crippen molar-refractivity contribution in [3.05, 3.63) is 82.7 Å². The lowest BCUT2D eigenvalue weighted by Gasteiger charge is -2.26. The number of ketones is 1. The first kappa shape index (κ1) is 25.1. The molecule has 3 heterocycles. The summed E-state index contributed by atoms with van der Waals surface area (Å²) in [5, 5.41) is 11.5. The smallest absolute Gasteiger partial charge is 0.295 e. The Morgan fingerprint density at radius 1 is 1.08 bits per heavy atom. The number of aliphatic hydroxyl groups is 1. The molecule has 0 saturated carbocycles. The molecule has 9 heteroatoms. The molecule has 1 aromatic heterocycles. The molecule has 9 nitrogen and oxygen atoms in total. The Morgan fingerprint density at radius 3 is 2.45 bits per heavy atom. The van der Waals surface area contributed by atoms with E-state index >= 15 is 0 Å². The minimum absolute atomic E-state index is 0.0201. The lowest BCUT2D eigenvalue weighted by molar-refractivity contribution is -0.140. The average Bonchev–Trinajstić information content (AvgIpc) is 3.43. The van der Waals surface area contributed by atoms with Crippen molar-refractivity contribution >= 4 is 17.4 Å². The van der Waals surface area contributed by atoms with Crippen molar-refractivity contribution < 1.29 is 33.6 Å². The summed E-state index contributed by atoms with van der Waals surface area (Å²) < 4.78 is 22.3. The predicted octanol–water partition coefficient (Wildman–Crippen LogP) is 4.05. The minimum atomic E-state index is -0.924. The van der Waals surface area contributed by atoms with Crippen molar-refractivity contribution in [1.29, 1.82) is 0 Å². The maximum absolute atomic E-state index is 13.5. The number of methoxy groups -OCH3 is 3. The van der Waals surface area contributed by atoms with Gasteiger partial charge in [-0.15, -0.1) is 0 Å². The fraction of sp³-hybridized carbons (Fsp3) is 0.276. The van der Waals surface area contributed by atoms with Crippen LogP contribution in [-0.2, 0) is 22.6 Å². The van der Waals surface area contributed by atoms with E-state index < -0.39 is 17.7 Å². The second-order valence-electron chi connectivity index (χ2n) is 9.20. The highest BCUT2D eigenvalue weighted by Gasteiger charge is 2.46. The van der Waals surface area contributed by atoms with Gasteiger partial charge in [-0.3, -0.25) is 14.6 Å². The maximum Gasteiger partial charge on any atom is 0.295 e. The third-order valence-corrected chi connectivity index (χ3v) is 6.79. The molecule has 2 aromatic carbocycles. The molecule has 0 aliphatic carbocycles. The van der Waals surface area contributed by atoms with Crippen LogP contribution in [0.1, 0.15) is 35.2 Å². The van der Waals surface area contributed by atoms with Crippen LogP contribution >= 0.6 is 0 Å². The van der Waals surface area contributed by atoms with E-state index in [1.807, 2.05) is 13.0 Å². The van der Waals surface area contributed by atoms with Crippen LogP contribution < -0.4 is 18.9 Å². The molecule has 1 saturated heterocycles. The van der Waals surface area contributed by atoms with Gasteiger partial charge in [0.15, 0.2) is 11.5 Å². The van der Waals surface area contributed by atoms with Crippen LogP contribution in [0.3, 0.4) is 0 Å². The number of ether oxygens (including phenoxy) is 4. The molecule has 0 radical (unpaired) electrons. The molecule has 2 atom stereocenters. The van der Waals surface area contributed by atoms with Crippen LogP contribution in [0.2, 0.25) is 0 Å². The van der Waals surface area contributed by atoms with Crippen LogP contribution in [0, 0.1) is 0 Å². The van der Waals surface area contributed by atoms with Gasteiger partial charge in [0.1, 0.15) is 17.6 Å². The van der Waals surface area contributed by atoms with E-state index in [1.165, 1.54) is 26.2 Å². The molecule has 5 rings (SSSR count). The highest BCUT2D eigenvalue weighted by Crippen LogP contribution is 2.46. The first-order valence-electron chi connectivity index (χ1n) is 12.1. The van der Waals surface area contributed by atoms with E-state index in [9.17, 15) is 14.7 Å². The van der Waals surface area contributed by atoms with Gasteiger partial charge in [0.25, 0.3) is 11.7 Å². The molecule has 196 valence electrons. The van der Waals surface area contributed by atoms with E-state index in [-0.39, 0.29) is 24.0 Å². The number of fused-ring (bicyclic) bond motifs is 1. The number of amides is 1. The Labute approximate surface area is 220 Å². The molecule has 0 spiro atoms. The number of hydrogen-bond donors (Lipinski definition) is 1. The molecule has 3 aromatic rings. The third kappa shape index (κ3) is 4.30. The molecule has 2 aliphatic heterocycles. The number of nitrogens with zero attached hydrogens (tertiary/aromatic N) is 2. The number of aliphatic hydroxyl groups excluding tert-OH is 1. The second kappa shape index (κ2) is 10.1. The zero-order valence-corrected chi connectivity index (χ0v) is 21.6. The van der Waals surface area contributed by atoms with Gasteiger partial charge in [-0.1, -0.05) is 6.07 Å². The van der Waals surface area contributed by atoms with E-state index in [1.54, 1.807) is 48.8 Å². The number of carbonyl (C=O) groups is 2. The molecular weight excluding hydrogens is 488 g/mol. The highest BCUT2D eigenvalue weighted by molar-refractivity contribution is 6.46. The van der Waals surface area contributed by atoms with E-state index in [0.29, 0.717) is 34.8 Å². The van der Waals surface area contributed by atoms with Gasteiger partial charge in [0, 0.05) is 30.9 Å². The summed E-state index contributed by atoms with van der Waals surface area (Å²) in [4.78, 5) is 32.4. The van der Waals surface area contributed by atoms with Gasteiger partial charge >= 0.3 is 0 Å². The molecular formula is C29H28N2O7. The third-order valence-electron chi connectivity index (χ3n) is 6.79. The molecule has 0 bridgehead atoms. The first-order valence-corrected chi connectivity index (χ1v) is 12.1. The Kier molecular flexibility index (Phi) is 6.67. The molecule has 1 N–H and O–H groups in total. The van der Waals surface area contributed by atoms with Gasteiger partial charge in [0.05, 0.1) is 32.9 Å². The maximum atomic E-state index is 13.5. The fourth-order valence-corrected chi connectivity index (χ4v) is 5.06. The van der Waals surface area contributed by atoms with Crippen molar-refractivity contribution in [3.63, 3.8) is 0 Å². The van der Waals surface area contributed by atoms with Gasteiger partial charge in [-0.05, 0) is 60.0 Å². The highest BCUT2D eigenvalue weighted by atomic mass is 16.5. The number of likely N-dealkylation sites (tertiary alicyclic amines) is 1. The van der Waals surface area contributed by atoms with Crippen molar-refractivity contribution in [3.8, 4) is 23.0 Å². The summed E-state index contributed by atoms with van der Waals surface area (Å²) >= 11 is 0. The molecule has 1 fully saturated rings. The Hall–Kier alpha value is -4.53. The SMILES string of the molecule is COc1cc(C2/C(=C(\O)c3ccc4c(c3)CC(C)O4)C(=O)C(=O)N2Cc2cccnc2)cc(OC)c1OC. The van der Waals surface area contributed by atoms with Crippen molar-refractivity contribution in [2.24, 2.45) is 0 Å². The van der Waals surface area contributed by atoms with Crippen LogP contribution in [0.4, 0.5) is 0 Å². The van der Waals surface area contributed by atoms with Crippen LogP contribution in [0.25, 0.3) is 5.76 Å². The number of hydrogen-bond acceptors (Lipinski definition) is 8. The Balaban J connectivity index is 1.69. The average molecular weight is 517 g/mol. The number of carbonyl (C=O) groups excluding carboxylic acids is 2. The lowest BCUT2D eigenvalue weighted by Crippen LogP contribution is -2.29. The number of Topliss-reactive ketones (excluding diaryl/α,β-unsaturated/α-hetero) is 1. The molecule has 2 aliphatic rings. The van der Waals surface area contributed by atoms with Crippen molar-refractivity contribution in [2.45, 2.75) is 32.0 Å². The summed E-state index contributed by atoms with van der Waals surface area (Å²) in [7, 11) is 4.47. The van der Waals surface area contributed by atoms with Crippen molar-refractivity contribution in [1.82, 2.24) is 9.88 Å². The number of pyridine rings is 1. The zero-order chi connectivity index (χ0) is 27.0. The fourth-order valence-electron chi connectivity index (χ4n) is 5.06. The topological polar surface area (TPSA) is 107 Å². The Bertz CT molecular complexity index is 1410. The zero-order valence-electron chi connectivity index (χ0n) is 21.6. The molecule has 1 amide bonds. The number of rotatable bonds is 7. The lowest BCUT2D eigenvalue weighted by atomic mass is 9.93. The first-order chi connectivity index (χ1) is 18.4. The molecule has 38 heavy (non-hydrogen) atoms.